The lowest BCUT2D eigenvalue weighted by Gasteiger charge is -2.13. The number of hydrogen-bond acceptors (Lipinski definition) is 4. The van der Waals surface area contributed by atoms with Crippen molar-refractivity contribution in [2.75, 3.05) is 12.9 Å². The smallest absolute Gasteiger partial charge is 0.265 e. The fourth-order valence-electron chi connectivity index (χ4n) is 1.75. The van der Waals surface area contributed by atoms with E-state index >= 15 is 0 Å². The minimum Gasteiger partial charge on any atom is -0.392 e. The molecule has 1 heterocycles. The summed E-state index contributed by atoms with van der Waals surface area (Å²) in [5.41, 5.74) is 7.45. The van der Waals surface area contributed by atoms with E-state index in [1.165, 1.54) is 12.8 Å². The highest BCUT2D eigenvalue weighted by atomic mass is 32.2. The quantitative estimate of drug-likeness (QED) is 0.513. The molecule has 1 aliphatic carbocycles. The monoisotopic (exact) mass is 310 g/mol. The fraction of sp³-hybridized carbons (Fsp3) is 0.571. The van der Waals surface area contributed by atoms with Gasteiger partial charge in [0.15, 0.2) is 0 Å². The fourth-order valence-corrected chi connectivity index (χ4v) is 2.95. The van der Waals surface area contributed by atoms with E-state index in [-0.39, 0.29) is 11.2 Å². The summed E-state index contributed by atoms with van der Waals surface area (Å²) in [7, 11) is -2.56. The van der Waals surface area contributed by atoms with Crippen molar-refractivity contribution in [3.05, 3.63) is 29.6 Å². The zero-order chi connectivity index (χ0) is 15.5. The summed E-state index contributed by atoms with van der Waals surface area (Å²) in [6.07, 6.45) is 5.64. The van der Waals surface area contributed by atoms with Gasteiger partial charge in [0.25, 0.3) is 5.96 Å². The van der Waals surface area contributed by atoms with Gasteiger partial charge in [-0.1, -0.05) is 6.07 Å². The number of aromatic nitrogens is 1. The first-order valence-corrected chi connectivity index (χ1v) is 8.96. The molecule has 1 aromatic rings. The summed E-state index contributed by atoms with van der Waals surface area (Å²) in [6.45, 7) is 4.30. The average molecular weight is 310 g/mol. The lowest BCUT2D eigenvalue weighted by atomic mass is 10.2. The number of oxime groups is 1. The van der Waals surface area contributed by atoms with E-state index in [1.54, 1.807) is 12.5 Å². The van der Waals surface area contributed by atoms with Crippen molar-refractivity contribution in [2.45, 2.75) is 31.9 Å². The minimum absolute atomic E-state index is 0.0740. The van der Waals surface area contributed by atoms with Gasteiger partial charge in [0.2, 0.25) is 0 Å². The number of rotatable bonds is 5. The Morgan fingerprint density at radius 2 is 2.29 bits per heavy atom. The zero-order valence-corrected chi connectivity index (χ0v) is 13.5. The van der Waals surface area contributed by atoms with Gasteiger partial charge in [-0.2, -0.15) is 4.36 Å². The first-order chi connectivity index (χ1) is 9.88. The van der Waals surface area contributed by atoms with Crippen LogP contribution in [0.3, 0.4) is 0 Å². The van der Waals surface area contributed by atoms with Gasteiger partial charge in [0.1, 0.15) is 6.61 Å². The topological polar surface area (TPSA) is 89.9 Å². The van der Waals surface area contributed by atoms with Crippen LogP contribution in [0.4, 0.5) is 0 Å². The average Bonchev–Trinajstić information content (AvgIpc) is 3.22. The number of hydrogen-bond donors (Lipinski definition) is 1. The first-order valence-electron chi connectivity index (χ1n) is 6.97. The molecule has 0 spiro atoms. The molecular weight excluding hydrogens is 288 g/mol. The van der Waals surface area contributed by atoms with Crippen molar-refractivity contribution in [1.29, 1.82) is 0 Å². The molecule has 2 rings (SSSR count). The molecule has 2 atom stereocenters. The van der Waals surface area contributed by atoms with Gasteiger partial charge >= 0.3 is 0 Å². The van der Waals surface area contributed by atoms with Gasteiger partial charge in [-0.05, 0) is 49.4 Å². The van der Waals surface area contributed by atoms with Crippen LogP contribution in [0.15, 0.2) is 27.8 Å². The number of pyridine rings is 1. The van der Waals surface area contributed by atoms with Gasteiger partial charge < -0.3 is 10.6 Å². The summed E-state index contributed by atoms with van der Waals surface area (Å²) < 4.78 is 16.7. The third-order valence-corrected chi connectivity index (χ3v) is 5.63. The standard InChI is InChI=1S/C14H22N4O2S/c1-10-4-7-13(8-16-10)11(2)21(3,19)18-14(15)17-20-9-12-5-6-12/h4,7-8,11-12H,5-6,9H2,1-3H3,(H2,15,17). The molecule has 1 saturated carbocycles. The van der Waals surface area contributed by atoms with Gasteiger partial charge in [-0.15, -0.1) is 0 Å². The molecule has 7 heteroatoms. The minimum atomic E-state index is -2.56. The molecule has 21 heavy (non-hydrogen) atoms. The second-order valence-corrected chi connectivity index (χ2v) is 8.13. The maximum absolute atomic E-state index is 12.7. The number of guanidine groups is 1. The van der Waals surface area contributed by atoms with Crippen LogP contribution in [0.2, 0.25) is 0 Å². The first kappa shape index (κ1) is 15.8. The Kier molecular flexibility index (Phi) is 4.82. The predicted molar refractivity (Wildman–Crippen MR) is 84.2 cm³/mol. The van der Waals surface area contributed by atoms with Gasteiger partial charge in [-0.25, -0.2) is 4.21 Å². The molecule has 0 radical (unpaired) electrons. The Hall–Kier alpha value is -1.63. The van der Waals surface area contributed by atoms with Crippen LogP contribution in [0.1, 0.15) is 36.3 Å². The molecule has 0 aromatic carbocycles. The molecule has 2 N–H and O–H groups in total. The lowest BCUT2D eigenvalue weighted by molar-refractivity contribution is 0.133. The van der Waals surface area contributed by atoms with E-state index in [9.17, 15) is 4.21 Å². The third-order valence-electron chi connectivity index (χ3n) is 3.50. The molecule has 116 valence electrons. The lowest BCUT2D eigenvalue weighted by Crippen LogP contribution is -2.16. The summed E-state index contributed by atoms with van der Waals surface area (Å²) in [6, 6.07) is 3.79. The van der Waals surface area contributed by atoms with E-state index < -0.39 is 9.73 Å². The summed E-state index contributed by atoms with van der Waals surface area (Å²) >= 11 is 0. The van der Waals surface area contributed by atoms with E-state index in [0.29, 0.717) is 12.5 Å². The van der Waals surface area contributed by atoms with Crippen LogP contribution < -0.4 is 5.73 Å². The molecule has 1 aromatic heterocycles. The SMILES string of the molecule is Cc1ccc(C(C)S(C)(=O)=N/C(N)=N/OCC2CC2)cn1. The maximum atomic E-state index is 12.7. The molecule has 0 aliphatic heterocycles. The van der Waals surface area contributed by atoms with Gasteiger partial charge in [0, 0.05) is 18.1 Å². The molecule has 6 nitrogen and oxygen atoms in total. The van der Waals surface area contributed by atoms with Gasteiger partial charge in [-0.3, -0.25) is 4.98 Å². The van der Waals surface area contributed by atoms with E-state index in [2.05, 4.69) is 14.5 Å². The van der Waals surface area contributed by atoms with E-state index in [1.807, 2.05) is 26.0 Å². The van der Waals surface area contributed by atoms with Crippen molar-refractivity contribution < 1.29 is 9.05 Å². The predicted octanol–water partition coefficient (Wildman–Crippen LogP) is 2.21. The molecule has 2 unspecified atom stereocenters. The molecule has 0 saturated heterocycles. The molecular formula is C14H22N4O2S. The second kappa shape index (κ2) is 6.43. The van der Waals surface area contributed by atoms with Crippen LogP contribution in [0.25, 0.3) is 0 Å². The van der Waals surface area contributed by atoms with Crippen molar-refractivity contribution in [3.63, 3.8) is 0 Å². The van der Waals surface area contributed by atoms with Crippen molar-refractivity contribution >= 4 is 15.7 Å². The summed E-state index contributed by atoms with van der Waals surface area (Å²) in [5.74, 6) is 0.514. The number of nitrogens with two attached hydrogens (primary N) is 1. The Morgan fingerprint density at radius 3 is 2.86 bits per heavy atom. The number of aryl methyl sites for hydroxylation is 1. The second-order valence-electron chi connectivity index (χ2n) is 5.52. The highest BCUT2D eigenvalue weighted by molar-refractivity contribution is 7.93. The largest absolute Gasteiger partial charge is 0.392 e. The van der Waals surface area contributed by atoms with Crippen molar-refractivity contribution in [2.24, 2.45) is 21.2 Å². The highest BCUT2D eigenvalue weighted by Crippen LogP contribution is 2.28. The molecule has 0 bridgehead atoms. The third kappa shape index (κ3) is 4.70. The van der Waals surface area contributed by atoms with Crippen LogP contribution >= 0.6 is 0 Å². The molecule has 0 amide bonds. The summed E-state index contributed by atoms with van der Waals surface area (Å²) in [4.78, 5) is 9.31. The number of nitrogens with zero attached hydrogens (tertiary/aromatic N) is 3. The Labute approximate surface area is 126 Å². The maximum Gasteiger partial charge on any atom is 0.265 e. The van der Waals surface area contributed by atoms with Crippen LogP contribution in [-0.4, -0.2) is 28.0 Å². The summed E-state index contributed by atoms with van der Waals surface area (Å²) in [5, 5.41) is 3.42. The Bertz CT molecular complexity index is 629. The van der Waals surface area contributed by atoms with Crippen LogP contribution in [0.5, 0.6) is 0 Å². The highest BCUT2D eigenvalue weighted by Gasteiger charge is 2.22. The van der Waals surface area contributed by atoms with Gasteiger partial charge in [0.05, 0.1) is 15.0 Å². The molecule has 1 aliphatic rings. The van der Waals surface area contributed by atoms with Crippen LogP contribution in [0, 0.1) is 12.8 Å². The molecule has 1 fully saturated rings. The van der Waals surface area contributed by atoms with Crippen molar-refractivity contribution in [1.82, 2.24) is 4.98 Å². The van der Waals surface area contributed by atoms with Crippen molar-refractivity contribution in [3.8, 4) is 0 Å². The zero-order valence-electron chi connectivity index (χ0n) is 12.7. The Balaban J connectivity index is 2.08. The van der Waals surface area contributed by atoms with E-state index in [4.69, 9.17) is 10.6 Å². The Morgan fingerprint density at radius 1 is 1.57 bits per heavy atom. The van der Waals surface area contributed by atoms with Crippen LogP contribution in [-0.2, 0) is 14.6 Å². The normalized spacial score (nSPS) is 19.7. The van der Waals surface area contributed by atoms with E-state index in [0.717, 1.165) is 11.3 Å².